The summed E-state index contributed by atoms with van der Waals surface area (Å²) in [5, 5.41) is 10.8. The van der Waals surface area contributed by atoms with Crippen LogP contribution in [0.3, 0.4) is 0 Å². The van der Waals surface area contributed by atoms with Crippen LogP contribution < -0.4 is 4.72 Å². The van der Waals surface area contributed by atoms with Crippen LogP contribution in [0.25, 0.3) is 0 Å². The predicted molar refractivity (Wildman–Crippen MR) is 72.0 cm³/mol. The van der Waals surface area contributed by atoms with Crippen LogP contribution in [0.5, 0.6) is 0 Å². The van der Waals surface area contributed by atoms with Crippen LogP contribution in [0.4, 0.5) is 5.69 Å². The molecule has 110 valence electrons. The topological polar surface area (TPSA) is 98.5 Å². The zero-order valence-electron chi connectivity index (χ0n) is 11.0. The molecule has 1 aromatic carbocycles. The Morgan fingerprint density at radius 1 is 1.50 bits per heavy atom. The van der Waals surface area contributed by atoms with Crippen LogP contribution in [0, 0.1) is 17.0 Å². The molecule has 0 amide bonds. The largest absolute Gasteiger partial charge is 0.377 e. The van der Waals surface area contributed by atoms with Crippen molar-refractivity contribution in [1.82, 2.24) is 4.72 Å². The highest BCUT2D eigenvalue weighted by molar-refractivity contribution is 7.89. The molecule has 1 aliphatic heterocycles. The van der Waals surface area contributed by atoms with Crippen molar-refractivity contribution in [1.29, 1.82) is 0 Å². The third-order valence-corrected chi connectivity index (χ3v) is 4.83. The lowest BCUT2D eigenvalue weighted by atomic mass is 10.2. The van der Waals surface area contributed by atoms with Crippen LogP contribution in [0.2, 0.25) is 0 Å². The van der Waals surface area contributed by atoms with Crippen molar-refractivity contribution in [3.63, 3.8) is 0 Å². The summed E-state index contributed by atoms with van der Waals surface area (Å²) in [7, 11) is -3.77. The van der Waals surface area contributed by atoms with Crippen LogP contribution in [-0.4, -0.2) is 32.6 Å². The van der Waals surface area contributed by atoms with Gasteiger partial charge in [-0.2, -0.15) is 0 Å². The molecule has 0 radical (unpaired) electrons. The van der Waals surface area contributed by atoms with E-state index in [1.807, 2.05) is 0 Å². The Kier molecular flexibility index (Phi) is 4.36. The van der Waals surface area contributed by atoms with E-state index in [4.69, 9.17) is 4.74 Å². The molecule has 0 spiro atoms. The number of nitrogens with one attached hydrogen (secondary N) is 1. The zero-order chi connectivity index (χ0) is 14.8. The van der Waals surface area contributed by atoms with Gasteiger partial charge in [-0.15, -0.1) is 0 Å². The summed E-state index contributed by atoms with van der Waals surface area (Å²) < 4.78 is 32.2. The Balaban J connectivity index is 2.20. The fraction of sp³-hybridized carbons (Fsp3) is 0.500. The molecule has 0 unspecified atom stereocenters. The Hall–Kier alpha value is -1.51. The number of nitrogens with zero attached hydrogens (tertiary/aromatic N) is 1. The Bertz CT molecular complexity index is 608. The molecule has 1 N–H and O–H groups in total. The van der Waals surface area contributed by atoms with Gasteiger partial charge in [-0.1, -0.05) is 6.07 Å². The van der Waals surface area contributed by atoms with Gasteiger partial charge in [0.2, 0.25) is 10.0 Å². The number of sulfonamides is 1. The smallest absolute Gasteiger partial charge is 0.273 e. The van der Waals surface area contributed by atoms with Gasteiger partial charge in [-0.25, -0.2) is 13.1 Å². The van der Waals surface area contributed by atoms with E-state index in [9.17, 15) is 18.5 Å². The molecular weight excluding hydrogens is 284 g/mol. The molecule has 20 heavy (non-hydrogen) atoms. The molecular formula is C12H16N2O5S. The molecule has 0 aromatic heterocycles. The van der Waals surface area contributed by atoms with Crippen molar-refractivity contribution in [2.24, 2.45) is 0 Å². The fourth-order valence-corrected chi connectivity index (χ4v) is 3.50. The minimum Gasteiger partial charge on any atom is -0.377 e. The van der Waals surface area contributed by atoms with E-state index in [1.54, 1.807) is 0 Å². The maximum Gasteiger partial charge on any atom is 0.273 e. The van der Waals surface area contributed by atoms with Gasteiger partial charge in [0.1, 0.15) is 0 Å². The van der Waals surface area contributed by atoms with E-state index in [0.29, 0.717) is 6.61 Å². The van der Waals surface area contributed by atoms with Gasteiger partial charge < -0.3 is 4.74 Å². The summed E-state index contributed by atoms with van der Waals surface area (Å²) >= 11 is 0. The molecule has 1 aromatic rings. The summed E-state index contributed by atoms with van der Waals surface area (Å²) in [6.45, 7) is 2.26. The number of benzene rings is 1. The molecule has 1 heterocycles. The Morgan fingerprint density at radius 3 is 2.85 bits per heavy atom. The van der Waals surface area contributed by atoms with Gasteiger partial charge in [-0.3, -0.25) is 10.1 Å². The van der Waals surface area contributed by atoms with Gasteiger partial charge in [0.15, 0.2) is 0 Å². The van der Waals surface area contributed by atoms with E-state index in [-0.39, 0.29) is 28.8 Å². The summed E-state index contributed by atoms with van der Waals surface area (Å²) in [6, 6.07) is 4.01. The standard InChI is InChI=1S/C12H16N2O5S/c1-9-11(14(15)16)5-2-6-12(9)20(17,18)13-8-10-4-3-7-19-10/h2,5-6,10,13H,3-4,7-8H2,1H3/t10-/m1/s1. The van der Waals surface area contributed by atoms with Crippen molar-refractivity contribution in [2.45, 2.75) is 30.8 Å². The highest BCUT2D eigenvalue weighted by Crippen LogP contribution is 2.24. The van der Waals surface area contributed by atoms with Crippen molar-refractivity contribution in [3.8, 4) is 0 Å². The highest BCUT2D eigenvalue weighted by atomic mass is 32.2. The minimum atomic E-state index is -3.77. The summed E-state index contributed by atoms with van der Waals surface area (Å²) in [4.78, 5) is 10.2. The number of nitro benzene ring substituents is 1. The molecule has 2 rings (SSSR count). The zero-order valence-corrected chi connectivity index (χ0v) is 11.9. The number of hydrogen-bond donors (Lipinski definition) is 1. The second kappa shape index (κ2) is 5.86. The van der Waals surface area contributed by atoms with Crippen molar-refractivity contribution < 1.29 is 18.1 Å². The molecule has 1 aliphatic rings. The molecule has 0 saturated carbocycles. The molecule has 1 fully saturated rings. The average Bonchev–Trinajstić information content (AvgIpc) is 2.89. The van der Waals surface area contributed by atoms with E-state index < -0.39 is 14.9 Å². The highest BCUT2D eigenvalue weighted by Gasteiger charge is 2.24. The monoisotopic (exact) mass is 300 g/mol. The van der Waals surface area contributed by atoms with Gasteiger partial charge >= 0.3 is 0 Å². The summed E-state index contributed by atoms with van der Waals surface area (Å²) in [5.41, 5.74) is -0.0673. The van der Waals surface area contributed by atoms with Crippen LogP contribution >= 0.6 is 0 Å². The first-order valence-electron chi connectivity index (χ1n) is 6.27. The minimum absolute atomic E-state index is 0.0651. The van der Waals surface area contributed by atoms with Crippen molar-refractivity contribution in [3.05, 3.63) is 33.9 Å². The summed E-state index contributed by atoms with van der Waals surface area (Å²) in [5.74, 6) is 0. The second-order valence-electron chi connectivity index (χ2n) is 4.64. The lowest BCUT2D eigenvalue weighted by Crippen LogP contribution is -2.32. The normalized spacial score (nSPS) is 19.1. The number of rotatable bonds is 5. The van der Waals surface area contributed by atoms with Crippen LogP contribution in [0.1, 0.15) is 18.4 Å². The molecule has 1 saturated heterocycles. The first-order valence-corrected chi connectivity index (χ1v) is 7.75. The van der Waals surface area contributed by atoms with Crippen molar-refractivity contribution in [2.75, 3.05) is 13.2 Å². The first-order chi connectivity index (χ1) is 9.42. The Morgan fingerprint density at radius 2 is 2.25 bits per heavy atom. The second-order valence-corrected chi connectivity index (χ2v) is 6.38. The van der Waals surface area contributed by atoms with Crippen molar-refractivity contribution >= 4 is 15.7 Å². The molecule has 8 heteroatoms. The van der Waals surface area contributed by atoms with Gasteiger partial charge in [-0.05, 0) is 25.8 Å². The van der Waals surface area contributed by atoms with Gasteiger partial charge in [0.05, 0.1) is 15.9 Å². The third-order valence-electron chi connectivity index (χ3n) is 3.27. The molecule has 0 bridgehead atoms. The quantitative estimate of drug-likeness (QED) is 0.654. The predicted octanol–water partition coefficient (Wildman–Crippen LogP) is 1.36. The Labute approximate surface area is 117 Å². The summed E-state index contributed by atoms with van der Waals surface area (Å²) in [6.07, 6.45) is 1.61. The average molecular weight is 300 g/mol. The maximum atomic E-state index is 12.2. The van der Waals surface area contributed by atoms with E-state index in [1.165, 1.54) is 25.1 Å². The number of hydrogen-bond acceptors (Lipinski definition) is 5. The van der Waals surface area contributed by atoms with E-state index in [0.717, 1.165) is 12.8 Å². The lowest BCUT2D eigenvalue weighted by Gasteiger charge is -2.12. The first kappa shape index (κ1) is 14.9. The SMILES string of the molecule is Cc1c([N+](=O)[O-])cccc1S(=O)(=O)NC[C@H]1CCCO1. The number of nitro groups is 1. The van der Waals surface area contributed by atoms with E-state index >= 15 is 0 Å². The van der Waals surface area contributed by atoms with Crippen LogP contribution in [0.15, 0.2) is 23.1 Å². The van der Waals surface area contributed by atoms with Crippen LogP contribution in [-0.2, 0) is 14.8 Å². The lowest BCUT2D eigenvalue weighted by molar-refractivity contribution is -0.385. The fourth-order valence-electron chi connectivity index (χ4n) is 2.18. The van der Waals surface area contributed by atoms with Gasteiger partial charge in [0, 0.05) is 24.8 Å². The third kappa shape index (κ3) is 3.14. The molecule has 7 nitrogen and oxygen atoms in total. The van der Waals surface area contributed by atoms with Gasteiger partial charge in [0.25, 0.3) is 5.69 Å². The molecule has 0 aliphatic carbocycles. The molecule has 1 atom stereocenters. The maximum absolute atomic E-state index is 12.2. The van der Waals surface area contributed by atoms with E-state index in [2.05, 4.69) is 4.72 Å². The number of ether oxygens (including phenoxy) is 1.